The van der Waals surface area contributed by atoms with Crippen LogP contribution in [0.25, 0.3) is 0 Å². The number of aliphatic carboxylic acids is 1. The number of carbonyl (C=O) groups is 2. The van der Waals surface area contributed by atoms with Crippen molar-refractivity contribution in [2.75, 3.05) is 7.11 Å². The van der Waals surface area contributed by atoms with Gasteiger partial charge in [0.15, 0.2) is 5.76 Å². The number of allylic oxidation sites excluding steroid dienone is 1. The second-order valence-electron chi connectivity index (χ2n) is 2.23. The van der Waals surface area contributed by atoms with Crippen molar-refractivity contribution in [3.63, 3.8) is 0 Å². The summed E-state index contributed by atoms with van der Waals surface area (Å²) in [6.45, 7) is 1.47. The molecule has 3 N–H and O–H groups in total. The zero-order valence-electron chi connectivity index (χ0n) is 7.40. The number of Topliss-reactive ketones (excluding diaryl/α,β-unsaturated/α-hetero) is 1. The number of methoxy groups -OCH3 is 1. The predicted octanol–water partition coefficient (Wildman–Crippen LogP) is 0.0329. The predicted molar refractivity (Wildman–Crippen MR) is 45.7 cm³/mol. The number of rotatable bonds is 4. The number of ketones is 1. The van der Waals surface area contributed by atoms with E-state index in [9.17, 15) is 9.59 Å². The number of carbonyl (C=O) groups excluding carboxylic acids is 1. The largest absolute Gasteiger partial charge is 0.492 e. The first-order chi connectivity index (χ1) is 6.02. The van der Waals surface area contributed by atoms with Crippen LogP contribution in [-0.4, -0.2) is 24.0 Å². The Morgan fingerprint density at radius 2 is 2.00 bits per heavy atom. The van der Waals surface area contributed by atoms with E-state index in [-0.39, 0.29) is 11.3 Å². The molecule has 5 nitrogen and oxygen atoms in total. The van der Waals surface area contributed by atoms with Crippen molar-refractivity contribution in [2.45, 2.75) is 6.92 Å². The molecule has 0 aromatic heterocycles. The van der Waals surface area contributed by atoms with Crippen LogP contribution in [0.15, 0.2) is 23.6 Å². The van der Waals surface area contributed by atoms with E-state index in [1.165, 1.54) is 14.0 Å². The number of nitrogens with two attached hydrogens (primary N) is 1. The van der Waals surface area contributed by atoms with Gasteiger partial charge in [0.05, 0.1) is 13.2 Å². The van der Waals surface area contributed by atoms with Gasteiger partial charge in [-0.05, 0) is 6.92 Å². The molecular weight excluding hydrogens is 174 g/mol. The van der Waals surface area contributed by atoms with Crippen molar-refractivity contribution < 1.29 is 19.4 Å². The van der Waals surface area contributed by atoms with E-state index in [0.29, 0.717) is 6.08 Å². The molecule has 13 heavy (non-hydrogen) atoms. The van der Waals surface area contributed by atoms with Crippen LogP contribution in [0.4, 0.5) is 0 Å². The van der Waals surface area contributed by atoms with Crippen LogP contribution < -0.4 is 5.73 Å². The quantitative estimate of drug-likeness (QED) is 0.476. The van der Waals surface area contributed by atoms with Crippen LogP contribution in [0.1, 0.15) is 6.92 Å². The van der Waals surface area contributed by atoms with Crippen molar-refractivity contribution in [2.24, 2.45) is 5.73 Å². The molecule has 0 fully saturated rings. The minimum atomic E-state index is -1.24. The first-order valence-electron chi connectivity index (χ1n) is 3.44. The molecule has 0 aliphatic carbocycles. The molecule has 0 unspecified atom stereocenters. The van der Waals surface area contributed by atoms with E-state index in [1.54, 1.807) is 0 Å². The van der Waals surface area contributed by atoms with E-state index in [4.69, 9.17) is 10.8 Å². The van der Waals surface area contributed by atoms with Gasteiger partial charge in [-0.15, -0.1) is 0 Å². The Balaban J connectivity index is 4.80. The molecule has 0 amide bonds. The zero-order chi connectivity index (χ0) is 10.4. The highest BCUT2D eigenvalue weighted by molar-refractivity contribution is 6.08. The highest BCUT2D eigenvalue weighted by Crippen LogP contribution is 2.04. The maximum atomic E-state index is 11.2. The van der Waals surface area contributed by atoms with E-state index in [1.807, 2.05) is 0 Å². The molecule has 0 radical (unpaired) electrons. The minimum absolute atomic E-state index is 0.231. The van der Waals surface area contributed by atoms with Gasteiger partial charge in [0.2, 0.25) is 5.78 Å². The molecule has 0 rings (SSSR count). The average Bonchev–Trinajstić information content (AvgIpc) is 2.11. The molecule has 5 heteroatoms. The summed E-state index contributed by atoms with van der Waals surface area (Å²) in [5.41, 5.74) is 5.31. The van der Waals surface area contributed by atoms with Gasteiger partial charge in [0, 0.05) is 11.8 Å². The van der Waals surface area contributed by atoms with Crippen LogP contribution in [0.3, 0.4) is 0 Å². The van der Waals surface area contributed by atoms with E-state index >= 15 is 0 Å². The van der Waals surface area contributed by atoms with Gasteiger partial charge < -0.3 is 15.6 Å². The number of carboxylic acid groups (broad SMARTS) is 1. The van der Waals surface area contributed by atoms with Crippen molar-refractivity contribution >= 4 is 11.8 Å². The van der Waals surface area contributed by atoms with Crippen LogP contribution in [0, 0.1) is 0 Å². The topological polar surface area (TPSA) is 89.6 Å². The Bertz CT molecular complexity index is 278. The second-order valence-corrected chi connectivity index (χ2v) is 2.23. The molecule has 0 bridgehead atoms. The van der Waals surface area contributed by atoms with Crippen molar-refractivity contribution in [3.8, 4) is 0 Å². The standard InChI is InChI=1S/C8H11NO4/c1-5(4-9)8(12)6(13-2)3-7(10)11/h3-4H,9H2,1-2H3,(H,10,11)/b5-4+,6-3-. The second kappa shape index (κ2) is 4.97. The number of carboxylic acids is 1. The number of hydrogen-bond donors (Lipinski definition) is 2. The fourth-order valence-corrected chi connectivity index (χ4v) is 0.599. The molecular formula is C8H11NO4. The molecule has 0 aromatic carbocycles. The highest BCUT2D eigenvalue weighted by atomic mass is 16.5. The van der Waals surface area contributed by atoms with Crippen LogP contribution in [0.2, 0.25) is 0 Å². The normalized spacial score (nSPS) is 12.5. The smallest absolute Gasteiger partial charge is 0.332 e. The summed E-state index contributed by atoms with van der Waals surface area (Å²) < 4.78 is 4.58. The third-order valence-electron chi connectivity index (χ3n) is 1.31. The van der Waals surface area contributed by atoms with E-state index in [2.05, 4.69) is 4.74 Å². The molecule has 72 valence electrons. The van der Waals surface area contributed by atoms with Crippen LogP contribution >= 0.6 is 0 Å². The lowest BCUT2D eigenvalue weighted by atomic mass is 10.2. The van der Waals surface area contributed by atoms with E-state index < -0.39 is 11.8 Å². The van der Waals surface area contributed by atoms with Gasteiger partial charge in [-0.2, -0.15) is 0 Å². The summed E-state index contributed by atoms with van der Waals surface area (Å²) in [6, 6.07) is 0. The maximum absolute atomic E-state index is 11.2. The monoisotopic (exact) mass is 185 g/mol. The lowest BCUT2D eigenvalue weighted by molar-refractivity contribution is -0.132. The van der Waals surface area contributed by atoms with E-state index in [0.717, 1.165) is 6.20 Å². The Hall–Kier alpha value is -1.78. The fourth-order valence-electron chi connectivity index (χ4n) is 0.599. The van der Waals surface area contributed by atoms with Crippen LogP contribution in [-0.2, 0) is 14.3 Å². The fraction of sp³-hybridized carbons (Fsp3) is 0.250. The van der Waals surface area contributed by atoms with Gasteiger partial charge in [-0.3, -0.25) is 4.79 Å². The van der Waals surface area contributed by atoms with Crippen molar-refractivity contribution in [3.05, 3.63) is 23.6 Å². The molecule has 0 spiro atoms. The number of ether oxygens (including phenoxy) is 1. The maximum Gasteiger partial charge on any atom is 0.332 e. The highest BCUT2D eigenvalue weighted by Gasteiger charge is 2.12. The zero-order valence-corrected chi connectivity index (χ0v) is 7.40. The Kier molecular flexibility index (Phi) is 4.29. The lowest BCUT2D eigenvalue weighted by Crippen LogP contribution is -2.09. The molecule has 0 aliphatic heterocycles. The lowest BCUT2D eigenvalue weighted by Gasteiger charge is -2.02. The summed E-state index contributed by atoms with van der Waals surface area (Å²) in [7, 11) is 1.22. The third kappa shape index (κ3) is 3.42. The molecule has 0 heterocycles. The summed E-state index contributed by atoms with van der Waals surface area (Å²) in [6.07, 6.45) is 1.78. The molecule has 0 aromatic rings. The summed E-state index contributed by atoms with van der Waals surface area (Å²) in [5, 5.41) is 8.36. The first-order valence-corrected chi connectivity index (χ1v) is 3.44. The Morgan fingerprint density at radius 1 is 1.46 bits per heavy atom. The van der Waals surface area contributed by atoms with Gasteiger partial charge >= 0.3 is 5.97 Å². The summed E-state index contributed by atoms with van der Waals surface area (Å²) >= 11 is 0. The number of hydrogen-bond acceptors (Lipinski definition) is 4. The third-order valence-corrected chi connectivity index (χ3v) is 1.31. The summed E-state index contributed by atoms with van der Waals surface area (Å²) in [5.74, 6) is -2.02. The SMILES string of the molecule is CO/C(=C\C(=O)O)C(=O)/C(C)=C/N. The Labute approximate surface area is 75.5 Å². The average molecular weight is 185 g/mol. The van der Waals surface area contributed by atoms with Crippen molar-refractivity contribution in [1.29, 1.82) is 0 Å². The van der Waals surface area contributed by atoms with Crippen LogP contribution in [0.5, 0.6) is 0 Å². The van der Waals surface area contributed by atoms with Gasteiger partial charge in [0.1, 0.15) is 0 Å². The molecule has 0 saturated carbocycles. The summed E-state index contributed by atoms with van der Waals surface area (Å²) in [4.78, 5) is 21.5. The van der Waals surface area contributed by atoms with Gasteiger partial charge in [-0.1, -0.05) is 0 Å². The van der Waals surface area contributed by atoms with Gasteiger partial charge in [-0.25, -0.2) is 4.79 Å². The van der Waals surface area contributed by atoms with Crippen molar-refractivity contribution in [1.82, 2.24) is 0 Å². The Morgan fingerprint density at radius 3 is 2.31 bits per heavy atom. The molecule has 0 saturated heterocycles. The van der Waals surface area contributed by atoms with Gasteiger partial charge in [0.25, 0.3) is 0 Å². The molecule has 0 atom stereocenters. The minimum Gasteiger partial charge on any atom is -0.492 e. The molecule has 0 aliphatic rings. The first kappa shape index (κ1) is 11.2.